The number of aliphatic hydroxyl groups excluding tert-OH is 1. The third kappa shape index (κ3) is 3.50. The van der Waals surface area contributed by atoms with Crippen molar-refractivity contribution in [3.63, 3.8) is 0 Å². The molecular formula is C19H23FN4O. The van der Waals surface area contributed by atoms with E-state index in [9.17, 15) is 9.50 Å². The first-order valence-electron chi connectivity index (χ1n) is 8.90. The van der Waals surface area contributed by atoms with E-state index in [1.165, 1.54) is 12.1 Å². The van der Waals surface area contributed by atoms with Crippen LogP contribution in [0.25, 0.3) is 0 Å². The number of nitrogens with zero attached hydrogens (tertiary/aromatic N) is 4. The quantitative estimate of drug-likeness (QED) is 0.927. The number of hydrogen-bond donors (Lipinski definition) is 1. The molecule has 2 saturated heterocycles. The Labute approximate surface area is 147 Å². The average molecular weight is 342 g/mol. The van der Waals surface area contributed by atoms with Crippen molar-refractivity contribution in [3.05, 3.63) is 54.1 Å². The van der Waals surface area contributed by atoms with E-state index < -0.39 is 6.10 Å². The van der Waals surface area contributed by atoms with Crippen LogP contribution in [0.1, 0.15) is 24.5 Å². The van der Waals surface area contributed by atoms with E-state index in [0.717, 1.165) is 50.5 Å². The number of piperidine rings is 1. The van der Waals surface area contributed by atoms with Crippen molar-refractivity contribution in [1.82, 2.24) is 14.9 Å². The lowest BCUT2D eigenvalue weighted by atomic mass is 9.85. The largest absolute Gasteiger partial charge is 0.388 e. The van der Waals surface area contributed by atoms with E-state index in [4.69, 9.17) is 0 Å². The van der Waals surface area contributed by atoms with E-state index >= 15 is 0 Å². The fourth-order valence-corrected chi connectivity index (χ4v) is 4.03. The molecule has 6 heteroatoms. The second-order valence-electron chi connectivity index (χ2n) is 6.98. The molecule has 2 aliphatic rings. The molecule has 0 saturated carbocycles. The standard InChI is InChI=1S/C19H23FN4O/c20-16-5-2-14(3-6-16)18(25)15-4-7-17-13-24(11-10-23(17)12-15)19-21-8-1-9-22-19/h1-3,5-6,8-9,15,17-18,25H,4,7,10-13H2/t15?,17-,18?/m0/s1. The van der Waals surface area contributed by atoms with Crippen molar-refractivity contribution >= 4 is 5.95 Å². The molecule has 3 atom stereocenters. The molecule has 1 N–H and O–H groups in total. The molecule has 0 radical (unpaired) electrons. The normalized spacial score (nSPS) is 25.4. The van der Waals surface area contributed by atoms with Gasteiger partial charge in [-0.25, -0.2) is 14.4 Å². The summed E-state index contributed by atoms with van der Waals surface area (Å²) in [4.78, 5) is 13.4. The molecule has 2 unspecified atom stereocenters. The second-order valence-corrected chi connectivity index (χ2v) is 6.98. The van der Waals surface area contributed by atoms with E-state index in [1.54, 1.807) is 24.5 Å². The molecule has 1 aromatic heterocycles. The number of aliphatic hydroxyl groups is 1. The highest BCUT2D eigenvalue weighted by Crippen LogP contribution is 2.33. The minimum absolute atomic E-state index is 0.196. The van der Waals surface area contributed by atoms with Crippen molar-refractivity contribution in [2.24, 2.45) is 5.92 Å². The highest BCUT2D eigenvalue weighted by atomic mass is 19.1. The van der Waals surface area contributed by atoms with Gasteiger partial charge in [0.2, 0.25) is 5.95 Å². The smallest absolute Gasteiger partial charge is 0.225 e. The lowest BCUT2D eigenvalue weighted by Crippen LogP contribution is -2.57. The van der Waals surface area contributed by atoms with Crippen LogP contribution in [-0.2, 0) is 0 Å². The Morgan fingerprint density at radius 2 is 1.80 bits per heavy atom. The Bertz CT molecular complexity index is 696. The lowest BCUT2D eigenvalue weighted by Gasteiger charge is -2.47. The van der Waals surface area contributed by atoms with Crippen molar-refractivity contribution in [2.45, 2.75) is 25.0 Å². The van der Waals surface area contributed by atoms with Crippen molar-refractivity contribution < 1.29 is 9.50 Å². The van der Waals surface area contributed by atoms with Crippen molar-refractivity contribution in [2.75, 3.05) is 31.1 Å². The molecule has 25 heavy (non-hydrogen) atoms. The zero-order valence-corrected chi connectivity index (χ0v) is 14.1. The first-order chi connectivity index (χ1) is 12.2. The van der Waals surface area contributed by atoms with Crippen LogP contribution in [0.4, 0.5) is 10.3 Å². The Morgan fingerprint density at radius 1 is 1.04 bits per heavy atom. The van der Waals surface area contributed by atoms with E-state index in [2.05, 4.69) is 19.8 Å². The molecule has 0 bridgehead atoms. The van der Waals surface area contributed by atoms with Gasteiger partial charge in [-0.1, -0.05) is 12.1 Å². The van der Waals surface area contributed by atoms with Crippen LogP contribution in [0.15, 0.2) is 42.7 Å². The first-order valence-corrected chi connectivity index (χ1v) is 8.90. The van der Waals surface area contributed by atoms with Crippen molar-refractivity contribution in [3.8, 4) is 0 Å². The van der Waals surface area contributed by atoms with Gasteiger partial charge in [0.25, 0.3) is 0 Å². The number of aromatic nitrogens is 2. The van der Waals surface area contributed by atoms with Gasteiger partial charge in [0.05, 0.1) is 6.10 Å². The predicted molar refractivity (Wildman–Crippen MR) is 93.7 cm³/mol. The predicted octanol–water partition coefficient (Wildman–Crippen LogP) is 2.25. The van der Waals surface area contributed by atoms with E-state index in [-0.39, 0.29) is 11.7 Å². The van der Waals surface area contributed by atoms with Gasteiger partial charge in [0.15, 0.2) is 0 Å². The maximum Gasteiger partial charge on any atom is 0.225 e. The number of piperazine rings is 1. The van der Waals surface area contributed by atoms with Crippen LogP contribution in [0.3, 0.4) is 0 Å². The number of fused-ring (bicyclic) bond motifs is 1. The first kappa shape index (κ1) is 16.4. The molecule has 2 fully saturated rings. The molecular weight excluding hydrogens is 319 g/mol. The van der Waals surface area contributed by atoms with Gasteiger partial charge < -0.3 is 10.0 Å². The average Bonchev–Trinajstić information content (AvgIpc) is 2.68. The zero-order chi connectivity index (χ0) is 17.2. The monoisotopic (exact) mass is 342 g/mol. The van der Waals surface area contributed by atoms with Crippen LogP contribution >= 0.6 is 0 Å². The fourth-order valence-electron chi connectivity index (χ4n) is 4.03. The lowest BCUT2D eigenvalue weighted by molar-refractivity contribution is 0.0201. The van der Waals surface area contributed by atoms with Gasteiger partial charge in [-0.3, -0.25) is 4.90 Å². The Kier molecular flexibility index (Phi) is 4.63. The SMILES string of the molecule is OC(c1ccc(F)cc1)C1CC[C@H]2CN(c3ncccn3)CCN2C1. The molecule has 1 aromatic carbocycles. The van der Waals surface area contributed by atoms with Crippen LogP contribution in [0.5, 0.6) is 0 Å². The van der Waals surface area contributed by atoms with Crippen LogP contribution in [0, 0.1) is 11.7 Å². The summed E-state index contributed by atoms with van der Waals surface area (Å²) in [6.07, 6.45) is 5.06. The summed E-state index contributed by atoms with van der Waals surface area (Å²) in [5.41, 5.74) is 0.807. The molecule has 132 valence electrons. The minimum Gasteiger partial charge on any atom is -0.388 e. The molecule has 0 aliphatic carbocycles. The highest BCUT2D eigenvalue weighted by Gasteiger charge is 2.36. The van der Waals surface area contributed by atoms with Crippen LogP contribution in [0.2, 0.25) is 0 Å². The Balaban J connectivity index is 1.39. The minimum atomic E-state index is -0.531. The Hall–Kier alpha value is -2.05. The third-order valence-corrected chi connectivity index (χ3v) is 5.44. The van der Waals surface area contributed by atoms with Gasteiger partial charge in [0, 0.05) is 50.5 Å². The number of rotatable bonds is 3. The number of benzene rings is 1. The molecule has 4 rings (SSSR count). The summed E-state index contributed by atoms with van der Waals surface area (Å²) < 4.78 is 13.1. The number of anilines is 1. The fraction of sp³-hybridized carbons (Fsp3) is 0.474. The van der Waals surface area contributed by atoms with Gasteiger partial charge in [-0.2, -0.15) is 0 Å². The maximum absolute atomic E-state index is 13.1. The summed E-state index contributed by atoms with van der Waals surface area (Å²) in [6.45, 7) is 3.67. The van der Waals surface area contributed by atoms with E-state index in [1.807, 2.05) is 6.07 Å². The summed E-state index contributed by atoms with van der Waals surface area (Å²) in [5.74, 6) is 0.732. The summed E-state index contributed by atoms with van der Waals surface area (Å²) >= 11 is 0. The van der Waals surface area contributed by atoms with Gasteiger partial charge in [-0.05, 0) is 36.6 Å². The third-order valence-electron chi connectivity index (χ3n) is 5.44. The summed E-state index contributed by atoms with van der Waals surface area (Å²) in [6, 6.07) is 8.54. The van der Waals surface area contributed by atoms with Gasteiger partial charge in [-0.15, -0.1) is 0 Å². The Morgan fingerprint density at radius 3 is 2.56 bits per heavy atom. The second kappa shape index (κ2) is 7.06. The number of hydrogen-bond acceptors (Lipinski definition) is 5. The maximum atomic E-state index is 13.1. The molecule has 2 aromatic rings. The van der Waals surface area contributed by atoms with Crippen LogP contribution in [-0.4, -0.2) is 52.2 Å². The van der Waals surface area contributed by atoms with Gasteiger partial charge >= 0.3 is 0 Å². The molecule has 3 heterocycles. The topological polar surface area (TPSA) is 52.5 Å². The highest BCUT2D eigenvalue weighted by molar-refractivity contribution is 5.30. The molecule has 0 amide bonds. The van der Waals surface area contributed by atoms with Crippen LogP contribution < -0.4 is 4.90 Å². The van der Waals surface area contributed by atoms with Crippen molar-refractivity contribution in [1.29, 1.82) is 0 Å². The molecule has 5 nitrogen and oxygen atoms in total. The van der Waals surface area contributed by atoms with Gasteiger partial charge in [0.1, 0.15) is 5.82 Å². The summed E-state index contributed by atoms with van der Waals surface area (Å²) in [7, 11) is 0. The van der Waals surface area contributed by atoms with E-state index in [0.29, 0.717) is 6.04 Å². The number of halogens is 1. The molecule has 2 aliphatic heterocycles. The zero-order valence-electron chi connectivity index (χ0n) is 14.1. The summed E-state index contributed by atoms with van der Waals surface area (Å²) in [5, 5.41) is 10.7. The molecule has 0 spiro atoms.